The average molecular weight is 312 g/mol. The fourth-order valence-electron chi connectivity index (χ4n) is 2.58. The van der Waals surface area contributed by atoms with Crippen LogP contribution in [0.2, 0.25) is 0 Å². The summed E-state index contributed by atoms with van der Waals surface area (Å²) in [5, 5.41) is 18.3. The van der Waals surface area contributed by atoms with E-state index in [4.69, 9.17) is 5.26 Å². The summed E-state index contributed by atoms with van der Waals surface area (Å²) in [5.41, 5.74) is -0.462. The van der Waals surface area contributed by atoms with Crippen LogP contribution in [0.1, 0.15) is 25.3 Å². The van der Waals surface area contributed by atoms with Gasteiger partial charge >= 0.3 is 0 Å². The molecule has 0 unspecified atom stereocenters. The number of sulfonamides is 1. The molecule has 7 heteroatoms. The third-order valence-corrected chi connectivity index (χ3v) is 5.88. The van der Waals surface area contributed by atoms with Crippen LogP contribution in [-0.2, 0) is 10.0 Å². The molecule has 0 aliphatic carbocycles. The SMILES string of the molecule is C[C@@H]1CC[C@@H](CO)CN1S(=O)(=O)c1cccc(F)c1C#N. The summed E-state index contributed by atoms with van der Waals surface area (Å²) >= 11 is 0. The lowest BCUT2D eigenvalue weighted by molar-refractivity contribution is 0.139. The maximum Gasteiger partial charge on any atom is 0.244 e. The Morgan fingerprint density at radius 3 is 2.81 bits per heavy atom. The highest BCUT2D eigenvalue weighted by atomic mass is 32.2. The second-order valence-electron chi connectivity index (χ2n) is 5.27. The van der Waals surface area contributed by atoms with Crippen molar-refractivity contribution in [1.82, 2.24) is 4.31 Å². The Morgan fingerprint density at radius 1 is 1.48 bits per heavy atom. The van der Waals surface area contributed by atoms with E-state index in [2.05, 4.69) is 0 Å². The van der Waals surface area contributed by atoms with Crippen molar-refractivity contribution in [2.75, 3.05) is 13.2 Å². The summed E-state index contributed by atoms with van der Waals surface area (Å²) in [6, 6.07) is 4.96. The highest BCUT2D eigenvalue weighted by Crippen LogP contribution is 2.29. The number of aliphatic hydroxyl groups is 1. The fraction of sp³-hybridized carbons (Fsp3) is 0.500. The fourth-order valence-corrected chi connectivity index (χ4v) is 4.48. The van der Waals surface area contributed by atoms with Gasteiger partial charge < -0.3 is 5.11 Å². The Labute approximate surface area is 123 Å². The Kier molecular flexibility index (Phi) is 4.61. The molecule has 2 rings (SSSR count). The molecular weight excluding hydrogens is 295 g/mol. The molecule has 1 aliphatic rings. The molecule has 1 saturated heterocycles. The molecule has 0 spiro atoms. The predicted octanol–water partition coefficient (Wildman–Crippen LogP) is 1.48. The van der Waals surface area contributed by atoms with Gasteiger partial charge in [-0.05, 0) is 37.8 Å². The monoisotopic (exact) mass is 312 g/mol. The Hall–Kier alpha value is -1.49. The smallest absolute Gasteiger partial charge is 0.244 e. The minimum atomic E-state index is -3.96. The maximum absolute atomic E-state index is 13.6. The van der Waals surface area contributed by atoms with Crippen LogP contribution in [0.15, 0.2) is 23.1 Å². The minimum absolute atomic E-state index is 0.0903. The van der Waals surface area contributed by atoms with Gasteiger partial charge in [0.1, 0.15) is 22.3 Å². The topological polar surface area (TPSA) is 81.4 Å². The highest BCUT2D eigenvalue weighted by Gasteiger charge is 2.36. The Balaban J connectivity index is 2.47. The summed E-state index contributed by atoms with van der Waals surface area (Å²) < 4.78 is 40.3. The molecular formula is C14H17FN2O3S. The minimum Gasteiger partial charge on any atom is -0.396 e. The van der Waals surface area contributed by atoms with Crippen LogP contribution < -0.4 is 0 Å². The van der Waals surface area contributed by atoms with E-state index >= 15 is 0 Å². The lowest BCUT2D eigenvalue weighted by Gasteiger charge is -2.36. The molecule has 1 fully saturated rings. The second-order valence-corrected chi connectivity index (χ2v) is 7.13. The van der Waals surface area contributed by atoms with Gasteiger partial charge in [0, 0.05) is 19.2 Å². The van der Waals surface area contributed by atoms with Gasteiger partial charge in [0.25, 0.3) is 0 Å². The number of piperidine rings is 1. The Morgan fingerprint density at radius 2 is 2.19 bits per heavy atom. The zero-order valence-electron chi connectivity index (χ0n) is 11.7. The van der Waals surface area contributed by atoms with Crippen LogP contribution in [0.3, 0.4) is 0 Å². The van der Waals surface area contributed by atoms with Gasteiger partial charge in [0.05, 0.1) is 0 Å². The zero-order valence-corrected chi connectivity index (χ0v) is 12.5. The first-order chi connectivity index (χ1) is 9.91. The van der Waals surface area contributed by atoms with Gasteiger partial charge in [-0.1, -0.05) is 6.07 Å². The summed E-state index contributed by atoms with van der Waals surface area (Å²) in [6.07, 6.45) is 1.37. The molecule has 114 valence electrons. The van der Waals surface area contributed by atoms with E-state index in [1.165, 1.54) is 16.4 Å². The quantitative estimate of drug-likeness (QED) is 0.916. The number of halogens is 1. The van der Waals surface area contributed by atoms with Crippen LogP contribution in [0.5, 0.6) is 0 Å². The van der Waals surface area contributed by atoms with Crippen LogP contribution in [-0.4, -0.2) is 37.0 Å². The van der Waals surface area contributed by atoms with Gasteiger partial charge in [0.15, 0.2) is 0 Å². The van der Waals surface area contributed by atoms with Crippen molar-refractivity contribution >= 4 is 10.0 Å². The van der Waals surface area contributed by atoms with Crippen LogP contribution in [0, 0.1) is 23.1 Å². The van der Waals surface area contributed by atoms with Gasteiger partial charge in [-0.2, -0.15) is 9.57 Å². The highest BCUT2D eigenvalue weighted by molar-refractivity contribution is 7.89. The van der Waals surface area contributed by atoms with E-state index in [9.17, 15) is 17.9 Å². The maximum atomic E-state index is 13.6. The van der Waals surface area contributed by atoms with Crippen molar-refractivity contribution in [2.24, 2.45) is 5.92 Å². The second kappa shape index (κ2) is 6.10. The van der Waals surface area contributed by atoms with Gasteiger partial charge in [0.2, 0.25) is 10.0 Å². The molecule has 2 atom stereocenters. The first-order valence-electron chi connectivity index (χ1n) is 6.73. The third-order valence-electron chi connectivity index (χ3n) is 3.85. The first kappa shape index (κ1) is 15.9. The van der Waals surface area contributed by atoms with Crippen molar-refractivity contribution in [3.8, 4) is 6.07 Å². The van der Waals surface area contributed by atoms with E-state index in [0.717, 1.165) is 12.5 Å². The van der Waals surface area contributed by atoms with E-state index in [0.29, 0.717) is 6.42 Å². The van der Waals surface area contributed by atoms with Gasteiger partial charge in [-0.25, -0.2) is 12.8 Å². The number of rotatable bonds is 3. The lowest BCUT2D eigenvalue weighted by Crippen LogP contribution is -2.46. The number of nitriles is 1. The number of nitrogens with zero attached hydrogens (tertiary/aromatic N) is 2. The molecule has 1 heterocycles. The molecule has 1 aromatic rings. The normalized spacial score (nSPS) is 23.7. The van der Waals surface area contributed by atoms with Crippen molar-refractivity contribution in [1.29, 1.82) is 5.26 Å². The van der Waals surface area contributed by atoms with Gasteiger partial charge in [-0.3, -0.25) is 0 Å². The number of aliphatic hydroxyl groups excluding tert-OH is 1. The number of hydrogen-bond donors (Lipinski definition) is 1. The summed E-state index contributed by atoms with van der Waals surface area (Å²) in [6.45, 7) is 1.87. The van der Waals surface area contributed by atoms with Crippen molar-refractivity contribution < 1.29 is 17.9 Å². The molecule has 0 saturated carbocycles. The molecule has 0 aromatic heterocycles. The largest absolute Gasteiger partial charge is 0.396 e. The summed E-state index contributed by atoms with van der Waals surface area (Å²) in [7, 11) is -3.96. The predicted molar refractivity (Wildman–Crippen MR) is 74.3 cm³/mol. The van der Waals surface area contributed by atoms with E-state index in [1.54, 1.807) is 13.0 Å². The van der Waals surface area contributed by atoms with Crippen molar-refractivity contribution in [2.45, 2.75) is 30.7 Å². The van der Waals surface area contributed by atoms with Crippen LogP contribution >= 0.6 is 0 Å². The molecule has 1 aromatic carbocycles. The molecule has 1 N–H and O–H groups in total. The van der Waals surface area contributed by atoms with Crippen LogP contribution in [0.25, 0.3) is 0 Å². The summed E-state index contributed by atoms with van der Waals surface area (Å²) in [4.78, 5) is -0.310. The molecule has 21 heavy (non-hydrogen) atoms. The number of hydrogen-bond acceptors (Lipinski definition) is 4. The molecule has 5 nitrogen and oxygen atoms in total. The zero-order chi connectivity index (χ0) is 15.6. The average Bonchev–Trinajstić information content (AvgIpc) is 2.47. The van der Waals surface area contributed by atoms with Gasteiger partial charge in [-0.15, -0.1) is 0 Å². The van der Waals surface area contributed by atoms with E-state index in [-0.39, 0.29) is 30.0 Å². The van der Waals surface area contributed by atoms with Crippen molar-refractivity contribution in [3.05, 3.63) is 29.6 Å². The van der Waals surface area contributed by atoms with Crippen molar-refractivity contribution in [3.63, 3.8) is 0 Å². The van der Waals surface area contributed by atoms with Crippen LogP contribution in [0.4, 0.5) is 4.39 Å². The Bertz CT molecular complexity index is 669. The molecule has 1 aliphatic heterocycles. The first-order valence-corrected chi connectivity index (χ1v) is 8.17. The third kappa shape index (κ3) is 2.93. The molecule has 0 bridgehead atoms. The van der Waals surface area contributed by atoms with E-state index < -0.39 is 21.4 Å². The standard InChI is InChI=1S/C14H17FN2O3S/c1-10-5-6-11(9-18)8-17(10)21(19,20)14-4-2-3-13(15)12(14)7-16/h2-4,10-11,18H,5-6,8-9H2,1H3/t10-,11-/m1/s1. The summed E-state index contributed by atoms with van der Waals surface area (Å²) in [5.74, 6) is -0.975. The lowest BCUT2D eigenvalue weighted by atomic mass is 9.96. The molecule has 0 radical (unpaired) electrons. The van der Waals surface area contributed by atoms with E-state index in [1.807, 2.05) is 0 Å². The number of benzene rings is 1. The molecule has 0 amide bonds.